The van der Waals surface area contributed by atoms with E-state index in [2.05, 4.69) is 50.2 Å². The Morgan fingerprint density at radius 3 is 2.92 bits per heavy atom. The van der Waals surface area contributed by atoms with E-state index in [0.29, 0.717) is 5.92 Å². The zero-order valence-electron chi connectivity index (χ0n) is 15.1. The number of hydrogen-bond donors (Lipinski definition) is 1. The SMILES string of the molecule is Cc1cc(CNc2nc(C3CCOCC3)ns2)c(C)n1-c1cccnc1. The molecule has 6 nitrogen and oxygen atoms in total. The van der Waals surface area contributed by atoms with Gasteiger partial charge in [-0.2, -0.15) is 4.37 Å². The van der Waals surface area contributed by atoms with Gasteiger partial charge in [-0.25, -0.2) is 4.98 Å². The first-order chi connectivity index (χ1) is 12.7. The molecule has 26 heavy (non-hydrogen) atoms. The summed E-state index contributed by atoms with van der Waals surface area (Å²) in [7, 11) is 0. The van der Waals surface area contributed by atoms with Crippen molar-refractivity contribution in [2.45, 2.75) is 39.2 Å². The van der Waals surface area contributed by atoms with E-state index >= 15 is 0 Å². The van der Waals surface area contributed by atoms with Crippen LogP contribution < -0.4 is 5.32 Å². The molecule has 7 heteroatoms. The molecule has 1 aliphatic heterocycles. The van der Waals surface area contributed by atoms with Crippen molar-refractivity contribution in [3.8, 4) is 5.69 Å². The Morgan fingerprint density at radius 1 is 1.31 bits per heavy atom. The lowest BCUT2D eigenvalue weighted by atomic mass is 10.00. The van der Waals surface area contributed by atoms with Gasteiger partial charge in [-0.3, -0.25) is 4.98 Å². The number of nitrogens with one attached hydrogen (secondary N) is 1. The molecule has 0 aliphatic carbocycles. The number of rotatable bonds is 5. The molecule has 4 heterocycles. The molecule has 0 atom stereocenters. The highest BCUT2D eigenvalue weighted by atomic mass is 32.1. The van der Waals surface area contributed by atoms with E-state index in [-0.39, 0.29) is 0 Å². The van der Waals surface area contributed by atoms with Crippen LogP contribution in [0.15, 0.2) is 30.6 Å². The quantitative estimate of drug-likeness (QED) is 0.740. The van der Waals surface area contributed by atoms with Gasteiger partial charge in [-0.15, -0.1) is 0 Å². The van der Waals surface area contributed by atoms with Crippen LogP contribution in [0.2, 0.25) is 0 Å². The van der Waals surface area contributed by atoms with Crippen LogP contribution in [0.25, 0.3) is 5.69 Å². The van der Waals surface area contributed by atoms with Crippen molar-refractivity contribution in [1.82, 2.24) is 18.9 Å². The van der Waals surface area contributed by atoms with Crippen LogP contribution in [-0.2, 0) is 11.3 Å². The third kappa shape index (κ3) is 3.50. The highest BCUT2D eigenvalue weighted by Gasteiger charge is 2.20. The molecule has 0 saturated carbocycles. The van der Waals surface area contributed by atoms with Gasteiger partial charge in [0.15, 0.2) is 0 Å². The molecule has 1 saturated heterocycles. The van der Waals surface area contributed by atoms with Gasteiger partial charge in [0.25, 0.3) is 0 Å². The fourth-order valence-corrected chi connectivity index (χ4v) is 4.13. The van der Waals surface area contributed by atoms with E-state index < -0.39 is 0 Å². The summed E-state index contributed by atoms with van der Waals surface area (Å²) in [6.07, 6.45) is 5.72. The molecule has 0 amide bonds. The summed E-state index contributed by atoms with van der Waals surface area (Å²) in [4.78, 5) is 8.92. The van der Waals surface area contributed by atoms with Gasteiger partial charge < -0.3 is 14.6 Å². The van der Waals surface area contributed by atoms with Gasteiger partial charge in [0.2, 0.25) is 5.13 Å². The zero-order chi connectivity index (χ0) is 17.9. The Labute approximate surface area is 157 Å². The van der Waals surface area contributed by atoms with Crippen LogP contribution in [0.1, 0.15) is 41.5 Å². The normalized spacial score (nSPS) is 15.3. The van der Waals surface area contributed by atoms with Crippen molar-refractivity contribution in [3.63, 3.8) is 0 Å². The summed E-state index contributed by atoms with van der Waals surface area (Å²) >= 11 is 1.45. The second-order valence-corrected chi connectivity index (χ2v) is 7.39. The molecule has 3 aromatic heterocycles. The topological polar surface area (TPSA) is 64.9 Å². The zero-order valence-corrected chi connectivity index (χ0v) is 15.9. The number of aromatic nitrogens is 4. The molecule has 3 aromatic rings. The van der Waals surface area contributed by atoms with E-state index in [1.165, 1.54) is 28.5 Å². The maximum absolute atomic E-state index is 5.42. The molecule has 1 aliphatic rings. The summed E-state index contributed by atoms with van der Waals surface area (Å²) in [5.41, 5.74) is 4.77. The number of pyridine rings is 1. The van der Waals surface area contributed by atoms with E-state index in [1.54, 1.807) is 6.20 Å². The number of anilines is 1. The van der Waals surface area contributed by atoms with Gasteiger partial charge in [0, 0.05) is 54.8 Å². The number of hydrogen-bond acceptors (Lipinski definition) is 6. The first kappa shape index (κ1) is 17.2. The monoisotopic (exact) mass is 369 g/mol. The van der Waals surface area contributed by atoms with Crippen LogP contribution >= 0.6 is 11.5 Å². The van der Waals surface area contributed by atoms with Crippen LogP contribution in [0, 0.1) is 13.8 Å². The number of aryl methyl sites for hydroxylation is 1. The molecule has 136 valence electrons. The maximum Gasteiger partial charge on any atom is 0.202 e. The van der Waals surface area contributed by atoms with Gasteiger partial charge in [0.05, 0.1) is 11.9 Å². The van der Waals surface area contributed by atoms with Gasteiger partial charge in [0.1, 0.15) is 5.82 Å². The molecular weight excluding hydrogens is 346 g/mol. The molecule has 0 aromatic carbocycles. The minimum Gasteiger partial charge on any atom is -0.381 e. The van der Waals surface area contributed by atoms with Crippen molar-refractivity contribution < 1.29 is 4.74 Å². The summed E-state index contributed by atoms with van der Waals surface area (Å²) in [5.74, 6) is 1.40. The average molecular weight is 369 g/mol. The summed E-state index contributed by atoms with van der Waals surface area (Å²) in [6, 6.07) is 6.26. The van der Waals surface area contributed by atoms with Gasteiger partial charge >= 0.3 is 0 Å². The Balaban J connectivity index is 1.46. The minimum absolute atomic E-state index is 0.436. The smallest absolute Gasteiger partial charge is 0.202 e. The Kier molecular flexibility index (Phi) is 4.99. The molecule has 1 N–H and O–H groups in total. The molecule has 4 rings (SSSR count). The standard InChI is InChI=1S/C19H23N5OS/c1-13-10-16(14(2)24(13)17-4-3-7-20-12-17)11-21-19-22-18(23-26-19)15-5-8-25-9-6-15/h3-4,7,10,12,15H,5-6,8-9,11H2,1-2H3,(H,21,22,23). The minimum atomic E-state index is 0.436. The molecule has 0 unspecified atom stereocenters. The van der Waals surface area contributed by atoms with E-state index in [4.69, 9.17) is 4.74 Å². The Bertz CT molecular complexity index is 867. The lowest BCUT2D eigenvalue weighted by Gasteiger charge is -2.18. The molecule has 0 spiro atoms. The molecule has 1 fully saturated rings. The highest BCUT2D eigenvalue weighted by molar-refractivity contribution is 7.09. The van der Waals surface area contributed by atoms with Crippen LogP contribution in [0.3, 0.4) is 0 Å². The Morgan fingerprint density at radius 2 is 2.15 bits per heavy atom. The Hall–Kier alpha value is -2.25. The van der Waals surface area contributed by atoms with Crippen molar-refractivity contribution in [2.75, 3.05) is 18.5 Å². The maximum atomic E-state index is 5.42. The van der Waals surface area contributed by atoms with Gasteiger partial charge in [-0.05, 0) is 50.5 Å². The van der Waals surface area contributed by atoms with E-state index in [9.17, 15) is 0 Å². The molecule has 0 bridgehead atoms. The van der Waals surface area contributed by atoms with Crippen LogP contribution in [0.5, 0.6) is 0 Å². The van der Waals surface area contributed by atoms with Crippen LogP contribution in [-0.4, -0.2) is 32.1 Å². The molecular formula is C19H23N5OS. The first-order valence-corrected chi connectivity index (χ1v) is 9.73. The summed E-state index contributed by atoms with van der Waals surface area (Å²) < 4.78 is 12.2. The third-order valence-corrected chi connectivity index (χ3v) is 5.59. The summed E-state index contributed by atoms with van der Waals surface area (Å²) in [6.45, 7) is 6.63. The van der Waals surface area contributed by atoms with Crippen LogP contribution in [0.4, 0.5) is 5.13 Å². The average Bonchev–Trinajstić information content (AvgIpc) is 3.26. The largest absolute Gasteiger partial charge is 0.381 e. The fourth-order valence-electron chi connectivity index (χ4n) is 3.49. The lowest BCUT2D eigenvalue weighted by molar-refractivity contribution is 0.0838. The number of ether oxygens (including phenoxy) is 1. The van der Waals surface area contributed by atoms with Crippen molar-refractivity contribution in [2.24, 2.45) is 0 Å². The second-order valence-electron chi connectivity index (χ2n) is 6.64. The van der Waals surface area contributed by atoms with Crippen molar-refractivity contribution >= 4 is 16.7 Å². The number of nitrogens with zero attached hydrogens (tertiary/aromatic N) is 4. The van der Waals surface area contributed by atoms with E-state index in [0.717, 1.165) is 49.2 Å². The van der Waals surface area contributed by atoms with E-state index in [1.807, 2.05) is 12.3 Å². The predicted octanol–water partition coefficient (Wildman–Crippen LogP) is 3.85. The molecule has 0 radical (unpaired) electrons. The predicted molar refractivity (Wildman–Crippen MR) is 103 cm³/mol. The fraction of sp³-hybridized carbons (Fsp3) is 0.421. The third-order valence-electron chi connectivity index (χ3n) is 4.90. The lowest BCUT2D eigenvalue weighted by Crippen LogP contribution is -2.15. The first-order valence-electron chi connectivity index (χ1n) is 8.96. The van der Waals surface area contributed by atoms with Crippen molar-refractivity contribution in [3.05, 3.63) is 53.4 Å². The van der Waals surface area contributed by atoms with Crippen molar-refractivity contribution in [1.29, 1.82) is 0 Å². The highest BCUT2D eigenvalue weighted by Crippen LogP contribution is 2.27. The van der Waals surface area contributed by atoms with Gasteiger partial charge in [-0.1, -0.05) is 0 Å². The second kappa shape index (κ2) is 7.55. The summed E-state index contributed by atoms with van der Waals surface area (Å²) in [5, 5.41) is 4.32.